The Morgan fingerprint density at radius 1 is 1.10 bits per heavy atom. The van der Waals surface area contributed by atoms with Crippen LogP contribution in [-0.2, 0) is 10.2 Å². The van der Waals surface area contributed by atoms with Crippen molar-refractivity contribution >= 4 is 29.1 Å². The zero-order valence-electron chi connectivity index (χ0n) is 16.9. The van der Waals surface area contributed by atoms with E-state index in [4.69, 9.17) is 9.84 Å². The van der Waals surface area contributed by atoms with Gasteiger partial charge >= 0.3 is 5.97 Å². The van der Waals surface area contributed by atoms with E-state index >= 15 is 0 Å². The fourth-order valence-corrected chi connectivity index (χ4v) is 2.64. The minimum Gasteiger partial charge on any atom is -0.482 e. The Bertz CT molecular complexity index is 1030. The molecule has 0 unspecified atom stereocenters. The summed E-state index contributed by atoms with van der Waals surface area (Å²) < 4.78 is 19.4. The lowest BCUT2D eigenvalue weighted by Crippen LogP contribution is -2.10. The van der Waals surface area contributed by atoms with Crippen LogP contribution >= 0.6 is 0 Å². The van der Waals surface area contributed by atoms with Crippen LogP contribution in [0.4, 0.5) is 27.5 Å². The number of ether oxygens (including phenoxy) is 1. The molecule has 0 aliphatic rings. The maximum absolute atomic E-state index is 14.2. The molecule has 3 rings (SSSR count). The van der Waals surface area contributed by atoms with E-state index in [2.05, 4.69) is 41.4 Å². The molecule has 1 aromatic heterocycles. The molecule has 156 valence electrons. The van der Waals surface area contributed by atoms with Crippen molar-refractivity contribution < 1.29 is 19.0 Å². The molecule has 0 aliphatic heterocycles. The molecule has 0 atom stereocenters. The quantitative estimate of drug-likeness (QED) is 0.512. The smallest absolute Gasteiger partial charge is 0.341 e. The first-order valence-corrected chi connectivity index (χ1v) is 9.32. The normalized spacial score (nSPS) is 11.1. The van der Waals surface area contributed by atoms with E-state index in [1.807, 2.05) is 24.3 Å². The van der Waals surface area contributed by atoms with Crippen LogP contribution in [0.25, 0.3) is 0 Å². The molecular weight excluding hydrogens is 387 g/mol. The third-order valence-corrected chi connectivity index (χ3v) is 4.21. The number of halogens is 1. The minimum atomic E-state index is -1.07. The van der Waals surface area contributed by atoms with Crippen LogP contribution in [-0.4, -0.2) is 27.7 Å². The van der Waals surface area contributed by atoms with Crippen molar-refractivity contribution in [2.24, 2.45) is 0 Å². The molecule has 30 heavy (non-hydrogen) atoms. The molecule has 2 aromatic carbocycles. The van der Waals surface area contributed by atoms with Gasteiger partial charge < -0.3 is 20.5 Å². The molecule has 0 aliphatic carbocycles. The number of carboxylic acid groups (broad SMARTS) is 1. The number of hydrogen-bond acceptors (Lipinski definition) is 6. The summed E-state index contributed by atoms with van der Waals surface area (Å²) in [6.45, 7) is 5.93. The van der Waals surface area contributed by atoms with Crippen molar-refractivity contribution in [3.05, 3.63) is 66.1 Å². The van der Waals surface area contributed by atoms with Crippen LogP contribution in [0.2, 0.25) is 0 Å². The van der Waals surface area contributed by atoms with Crippen LogP contribution in [0.15, 0.2) is 54.7 Å². The fourth-order valence-electron chi connectivity index (χ4n) is 2.64. The van der Waals surface area contributed by atoms with Crippen molar-refractivity contribution in [2.45, 2.75) is 26.2 Å². The second kappa shape index (κ2) is 8.77. The van der Waals surface area contributed by atoms with Gasteiger partial charge in [-0.15, -0.1) is 0 Å². The summed E-state index contributed by atoms with van der Waals surface area (Å²) in [4.78, 5) is 18.8. The minimum absolute atomic E-state index is 0.0263. The fraction of sp³-hybridized carbons (Fsp3) is 0.227. The number of aromatic nitrogens is 2. The number of carbonyl (C=O) groups is 1. The standard InChI is InChI=1S/C22H23FN4O3/c1-22(2,3)14-7-9-15(10-8-14)25-20-18(23)12-24-21(27-20)26-16-5-4-6-17(11-16)30-13-19(28)29/h4-12H,13H2,1-3H3,(H,28,29)(H2,24,25,26,27). The molecule has 0 saturated heterocycles. The number of hydrogen-bond donors (Lipinski definition) is 3. The molecule has 0 saturated carbocycles. The van der Waals surface area contributed by atoms with Crippen molar-refractivity contribution in [1.82, 2.24) is 9.97 Å². The molecule has 3 aromatic rings. The van der Waals surface area contributed by atoms with E-state index in [1.165, 1.54) is 5.56 Å². The van der Waals surface area contributed by atoms with Gasteiger partial charge in [0.05, 0.1) is 6.20 Å². The highest BCUT2D eigenvalue weighted by Crippen LogP contribution is 2.26. The van der Waals surface area contributed by atoms with E-state index in [1.54, 1.807) is 24.3 Å². The molecule has 0 bridgehead atoms. The van der Waals surface area contributed by atoms with Crippen molar-refractivity contribution in [2.75, 3.05) is 17.2 Å². The Labute approximate surface area is 174 Å². The molecule has 0 radical (unpaired) electrons. The lowest BCUT2D eigenvalue weighted by atomic mass is 9.87. The maximum Gasteiger partial charge on any atom is 0.341 e. The molecule has 0 amide bonds. The van der Waals surface area contributed by atoms with Crippen LogP contribution in [0, 0.1) is 5.82 Å². The first-order valence-electron chi connectivity index (χ1n) is 9.32. The summed E-state index contributed by atoms with van der Waals surface area (Å²) >= 11 is 0. The summed E-state index contributed by atoms with van der Waals surface area (Å²) in [5.41, 5.74) is 2.47. The largest absolute Gasteiger partial charge is 0.482 e. The maximum atomic E-state index is 14.2. The van der Waals surface area contributed by atoms with Crippen molar-refractivity contribution in [3.8, 4) is 5.75 Å². The first-order chi connectivity index (χ1) is 14.2. The molecule has 0 fully saturated rings. The molecule has 8 heteroatoms. The number of nitrogens with one attached hydrogen (secondary N) is 2. The first kappa shape index (κ1) is 21.0. The highest BCUT2D eigenvalue weighted by molar-refractivity contribution is 5.68. The SMILES string of the molecule is CC(C)(C)c1ccc(Nc2nc(Nc3cccc(OCC(=O)O)c3)ncc2F)cc1. The van der Waals surface area contributed by atoms with Crippen LogP contribution in [0.3, 0.4) is 0 Å². The van der Waals surface area contributed by atoms with E-state index in [9.17, 15) is 9.18 Å². The van der Waals surface area contributed by atoms with Gasteiger partial charge in [-0.05, 0) is 35.2 Å². The number of aliphatic carboxylic acids is 1. The zero-order chi connectivity index (χ0) is 21.7. The Morgan fingerprint density at radius 2 is 1.83 bits per heavy atom. The number of carboxylic acids is 1. The van der Waals surface area contributed by atoms with Gasteiger partial charge in [0, 0.05) is 17.4 Å². The Hall–Kier alpha value is -3.68. The second-order valence-corrected chi connectivity index (χ2v) is 7.68. The Balaban J connectivity index is 1.74. The van der Waals surface area contributed by atoms with Gasteiger partial charge in [0.1, 0.15) is 5.75 Å². The predicted octanol–water partition coefficient (Wildman–Crippen LogP) is 4.86. The van der Waals surface area contributed by atoms with Gasteiger partial charge in [0.25, 0.3) is 0 Å². The number of rotatable bonds is 7. The monoisotopic (exact) mass is 410 g/mol. The van der Waals surface area contributed by atoms with Gasteiger partial charge in [0.2, 0.25) is 5.95 Å². The topological polar surface area (TPSA) is 96.4 Å². The molecule has 3 N–H and O–H groups in total. The highest BCUT2D eigenvalue weighted by atomic mass is 19.1. The van der Waals surface area contributed by atoms with Gasteiger partial charge in [-0.25, -0.2) is 14.2 Å². The van der Waals surface area contributed by atoms with Gasteiger partial charge in [-0.3, -0.25) is 0 Å². The van der Waals surface area contributed by atoms with Crippen molar-refractivity contribution in [3.63, 3.8) is 0 Å². The third kappa shape index (κ3) is 5.66. The van der Waals surface area contributed by atoms with E-state index in [0.29, 0.717) is 17.1 Å². The predicted molar refractivity (Wildman–Crippen MR) is 113 cm³/mol. The van der Waals surface area contributed by atoms with Crippen LogP contribution in [0.1, 0.15) is 26.3 Å². The molecular formula is C22H23FN4O3. The number of anilines is 4. The number of benzene rings is 2. The average molecular weight is 410 g/mol. The average Bonchev–Trinajstić information content (AvgIpc) is 2.69. The third-order valence-electron chi connectivity index (χ3n) is 4.21. The summed E-state index contributed by atoms with van der Waals surface area (Å²) in [7, 11) is 0. The highest BCUT2D eigenvalue weighted by Gasteiger charge is 2.14. The molecule has 1 heterocycles. The van der Waals surface area contributed by atoms with Gasteiger partial charge in [-0.2, -0.15) is 4.98 Å². The Kier molecular flexibility index (Phi) is 6.15. The second-order valence-electron chi connectivity index (χ2n) is 7.68. The van der Waals surface area contributed by atoms with E-state index in [-0.39, 0.29) is 17.2 Å². The summed E-state index contributed by atoms with van der Waals surface area (Å²) in [5.74, 6) is -1.06. The lowest BCUT2D eigenvalue weighted by Gasteiger charge is -2.19. The van der Waals surface area contributed by atoms with E-state index in [0.717, 1.165) is 6.20 Å². The number of nitrogens with zero attached hydrogens (tertiary/aromatic N) is 2. The van der Waals surface area contributed by atoms with Gasteiger partial charge in [-0.1, -0.05) is 39.0 Å². The van der Waals surface area contributed by atoms with Crippen molar-refractivity contribution in [1.29, 1.82) is 0 Å². The molecule has 7 nitrogen and oxygen atoms in total. The summed E-state index contributed by atoms with van der Waals surface area (Å²) in [6, 6.07) is 14.4. The lowest BCUT2D eigenvalue weighted by molar-refractivity contribution is -0.139. The summed E-state index contributed by atoms with van der Waals surface area (Å²) in [6.07, 6.45) is 1.08. The Morgan fingerprint density at radius 3 is 2.50 bits per heavy atom. The van der Waals surface area contributed by atoms with Crippen LogP contribution < -0.4 is 15.4 Å². The van der Waals surface area contributed by atoms with Crippen LogP contribution in [0.5, 0.6) is 5.75 Å². The van der Waals surface area contributed by atoms with E-state index < -0.39 is 18.4 Å². The summed E-state index contributed by atoms with van der Waals surface area (Å²) in [5, 5.41) is 14.6. The van der Waals surface area contributed by atoms with Gasteiger partial charge in [0.15, 0.2) is 18.2 Å². The molecule has 0 spiro atoms. The zero-order valence-corrected chi connectivity index (χ0v) is 16.9.